The van der Waals surface area contributed by atoms with Gasteiger partial charge in [-0.15, -0.1) is 5.10 Å². The van der Waals surface area contributed by atoms with Gasteiger partial charge in [-0.1, -0.05) is 26.1 Å². The van der Waals surface area contributed by atoms with Crippen molar-refractivity contribution in [3.05, 3.63) is 17.8 Å². The Balaban J connectivity index is 2.04. The van der Waals surface area contributed by atoms with Gasteiger partial charge >= 0.3 is 0 Å². The molecule has 0 spiro atoms. The molecule has 0 amide bonds. The van der Waals surface area contributed by atoms with Gasteiger partial charge in [0.25, 0.3) is 0 Å². The zero-order valence-electron chi connectivity index (χ0n) is 10.8. The van der Waals surface area contributed by atoms with Gasteiger partial charge in [0, 0.05) is 0 Å². The fourth-order valence-electron chi connectivity index (χ4n) is 2.24. The van der Waals surface area contributed by atoms with Crippen molar-refractivity contribution in [3.8, 4) is 5.88 Å². The van der Waals surface area contributed by atoms with Crippen molar-refractivity contribution in [2.45, 2.75) is 45.6 Å². The summed E-state index contributed by atoms with van der Waals surface area (Å²) < 4.78 is 5.90. The molecule has 1 saturated carbocycles. The van der Waals surface area contributed by atoms with Crippen molar-refractivity contribution in [3.63, 3.8) is 0 Å². The average Bonchev–Trinajstić information content (AvgIpc) is 2.32. The lowest BCUT2D eigenvalue weighted by atomic mass is 9.76. The van der Waals surface area contributed by atoms with Gasteiger partial charge in [0.2, 0.25) is 5.88 Å². The summed E-state index contributed by atoms with van der Waals surface area (Å²) in [5.41, 5.74) is 6.74. The molecule has 0 bridgehead atoms. The number of hydrogen-bond donors (Lipinski definition) is 1. The summed E-state index contributed by atoms with van der Waals surface area (Å²) >= 11 is 4.98. The first-order chi connectivity index (χ1) is 8.48. The van der Waals surface area contributed by atoms with E-state index in [1.807, 2.05) is 0 Å². The van der Waals surface area contributed by atoms with E-state index in [0.717, 1.165) is 12.8 Å². The summed E-state index contributed by atoms with van der Waals surface area (Å²) in [6.07, 6.45) is 6.19. The van der Waals surface area contributed by atoms with Crippen LogP contribution in [-0.2, 0) is 0 Å². The smallest absolute Gasteiger partial charge is 0.244 e. The molecule has 1 fully saturated rings. The average molecular weight is 265 g/mol. The Morgan fingerprint density at radius 2 is 2.11 bits per heavy atom. The molecular formula is C13H19N3OS. The van der Waals surface area contributed by atoms with Crippen molar-refractivity contribution in [2.75, 3.05) is 0 Å². The molecule has 0 aromatic carbocycles. The van der Waals surface area contributed by atoms with Crippen LogP contribution in [0.25, 0.3) is 0 Å². The van der Waals surface area contributed by atoms with E-state index in [2.05, 4.69) is 24.0 Å². The highest BCUT2D eigenvalue weighted by molar-refractivity contribution is 7.80. The van der Waals surface area contributed by atoms with Gasteiger partial charge in [-0.2, -0.15) is 5.10 Å². The number of thiocarbonyl (C=S) groups is 1. The molecular weight excluding hydrogens is 246 g/mol. The third-order valence-corrected chi connectivity index (χ3v) is 3.74. The summed E-state index contributed by atoms with van der Waals surface area (Å²) in [4.78, 5) is 0.302. The van der Waals surface area contributed by atoms with Crippen LogP contribution in [0.15, 0.2) is 12.3 Å². The molecule has 1 aromatic heterocycles. The second-order valence-corrected chi connectivity index (χ2v) is 6.04. The van der Waals surface area contributed by atoms with Crippen molar-refractivity contribution in [1.29, 1.82) is 0 Å². The normalized spacial score (nSPS) is 19.4. The van der Waals surface area contributed by atoms with E-state index >= 15 is 0 Å². The Bertz CT molecular complexity index is 438. The van der Waals surface area contributed by atoms with Crippen LogP contribution >= 0.6 is 12.2 Å². The van der Waals surface area contributed by atoms with Crippen molar-refractivity contribution in [2.24, 2.45) is 11.1 Å². The predicted octanol–water partition coefficient (Wildman–Crippen LogP) is 2.46. The Morgan fingerprint density at radius 1 is 1.44 bits per heavy atom. The fraction of sp³-hybridized carbons (Fsp3) is 0.615. The van der Waals surface area contributed by atoms with Crippen LogP contribution in [0.2, 0.25) is 0 Å². The highest BCUT2D eigenvalue weighted by Gasteiger charge is 2.28. The van der Waals surface area contributed by atoms with Crippen LogP contribution in [0.3, 0.4) is 0 Å². The van der Waals surface area contributed by atoms with Crippen molar-refractivity contribution >= 4 is 17.2 Å². The lowest BCUT2D eigenvalue weighted by Gasteiger charge is -2.34. The van der Waals surface area contributed by atoms with Crippen LogP contribution in [0, 0.1) is 5.41 Å². The van der Waals surface area contributed by atoms with Crippen LogP contribution in [-0.4, -0.2) is 21.3 Å². The molecule has 2 N–H and O–H groups in total. The monoisotopic (exact) mass is 265 g/mol. The summed E-state index contributed by atoms with van der Waals surface area (Å²) in [6.45, 7) is 4.60. The molecule has 2 rings (SSSR count). The quantitative estimate of drug-likeness (QED) is 0.851. The number of rotatable bonds is 3. The van der Waals surface area contributed by atoms with Crippen LogP contribution in [0.4, 0.5) is 0 Å². The van der Waals surface area contributed by atoms with E-state index in [4.69, 9.17) is 22.7 Å². The maximum atomic E-state index is 5.90. The number of aromatic nitrogens is 2. The number of nitrogens with two attached hydrogens (primary N) is 1. The molecule has 1 aromatic rings. The summed E-state index contributed by atoms with van der Waals surface area (Å²) in [5.74, 6) is 0.467. The van der Waals surface area contributed by atoms with Crippen LogP contribution in [0.5, 0.6) is 5.88 Å². The Morgan fingerprint density at radius 3 is 2.72 bits per heavy atom. The summed E-state index contributed by atoms with van der Waals surface area (Å²) in [6, 6.07) is 1.75. The SMILES string of the molecule is CC1(C)CCC(Oc2nnccc2C(N)=S)CC1. The number of hydrogen-bond acceptors (Lipinski definition) is 4. The first kappa shape index (κ1) is 13.2. The van der Waals surface area contributed by atoms with E-state index in [-0.39, 0.29) is 6.10 Å². The standard InChI is InChI=1S/C13H19N3OS/c1-13(2)6-3-9(4-7-13)17-12-10(11(14)18)5-8-15-16-12/h5,8-9H,3-4,6-7H2,1-2H3,(H2,14,18). The van der Waals surface area contributed by atoms with E-state index in [1.165, 1.54) is 12.8 Å². The molecule has 0 saturated heterocycles. The molecule has 4 nitrogen and oxygen atoms in total. The van der Waals surface area contributed by atoms with Crippen molar-refractivity contribution in [1.82, 2.24) is 10.2 Å². The molecule has 1 aliphatic carbocycles. The summed E-state index contributed by atoms with van der Waals surface area (Å²) in [5, 5.41) is 7.82. The maximum Gasteiger partial charge on any atom is 0.244 e. The highest BCUT2D eigenvalue weighted by Crippen LogP contribution is 2.36. The Kier molecular flexibility index (Phi) is 3.80. The van der Waals surface area contributed by atoms with Crippen LogP contribution in [0.1, 0.15) is 45.1 Å². The van der Waals surface area contributed by atoms with E-state index in [0.29, 0.717) is 21.8 Å². The van der Waals surface area contributed by atoms with Gasteiger partial charge in [-0.3, -0.25) is 0 Å². The predicted molar refractivity (Wildman–Crippen MR) is 74.6 cm³/mol. The van der Waals surface area contributed by atoms with E-state index in [9.17, 15) is 0 Å². The van der Waals surface area contributed by atoms with Gasteiger partial charge < -0.3 is 10.5 Å². The second kappa shape index (κ2) is 5.18. The molecule has 98 valence electrons. The molecule has 0 radical (unpaired) electrons. The third kappa shape index (κ3) is 3.16. The molecule has 1 heterocycles. The lowest BCUT2D eigenvalue weighted by molar-refractivity contribution is 0.0938. The zero-order valence-corrected chi connectivity index (χ0v) is 11.7. The third-order valence-electron chi connectivity index (χ3n) is 3.52. The molecule has 0 atom stereocenters. The Hall–Kier alpha value is -1.23. The minimum absolute atomic E-state index is 0.197. The van der Waals surface area contributed by atoms with Crippen molar-refractivity contribution < 1.29 is 4.74 Å². The van der Waals surface area contributed by atoms with Gasteiger partial charge in [0.05, 0.1) is 11.8 Å². The van der Waals surface area contributed by atoms with E-state index in [1.54, 1.807) is 12.3 Å². The van der Waals surface area contributed by atoms with Gasteiger partial charge in [-0.25, -0.2) is 0 Å². The first-order valence-electron chi connectivity index (χ1n) is 6.26. The zero-order chi connectivity index (χ0) is 13.2. The molecule has 1 aliphatic rings. The fourth-order valence-corrected chi connectivity index (χ4v) is 2.40. The van der Waals surface area contributed by atoms with E-state index < -0.39 is 0 Å². The largest absolute Gasteiger partial charge is 0.473 e. The molecule has 0 aliphatic heterocycles. The van der Waals surface area contributed by atoms with Gasteiger partial charge in [0.15, 0.2) is 0 Å². The number of ether oxygens (including phenoxy) is 1. The lowest BCUT2D eigenvalue weighted by Crippen LogP contribution is -2.29. The minimum atomic E-state index is 0.197. The number of nitrogens with zero attached hydrogens (tertiary/aromatic N) is 2. The van der Waals surface area contributed by atoms with Gasteiger partial charge in [0.1, 0.15) is 11.1 Å². The van der Waals surface area contributed by atoms with Gasteiger partial charge in [-0.05, 0) is 37.2 Å². The molecule has 0 unspecified atom stereocenters. The molecule has 5 heteroatoms. The summed E-state index contributed by atoms with van der Waals surface area (Å²) in [7, 11) is 0. The first-order valence-corrected chi connectivity index (χ1v) is 6.67. The minimum Gasteiger partial charge on any atom is -0.473 e. The maximum absolute atomic E-state index is 5.90. The Labute approximate surface area is 113 Å². The topological polar surface area (TPSA) is 61.0 Å². The van der Waals surface area contributed by atoms with Crippen LogP contribution < -0.4 is 10.5 Å². The highest BCUT2D eigenvalue weighted by atomic mass is 32.1. The molecule has 18 heavy (non-hydrogen) atoms. The second-order valence-electron chi connectivity index (χ2n) is 5.60.